The molecule has 86 valence electrons. The fraction of sp³-hybridized carbons (Fsp3) is 0.0714. The van der Waals surface area contributed by atoms with Crippen LogP contribution in [0, 0.1) is 0 Å². The molecule has 2 aromatic rings. The summed E-state index contributed by atoms with van der Waals surface area (Å²) in [6.45, 7) is 0. The van der Waals surface area contributed by atoms with Gasteiger partial charge in [-0.1, -0.05) is 54.1 Å². The van der Waals surface area contributed by atoms with Crippen LogP contribution in [0.3, 0.4) is 0 Å². The fourth-order valence-electron chi connectivity index (χ4n) is 1.72. The van der Waals surface area contributed by atoms with Gasteiger partial charge >= 0.3 is 0 Å². The van der Waals surface area contributed by atoms with E-state index < -0.39 is 5.60 Å². The number of hydrogen-bond donors (Lipinski definition) is 1. The lowest BCUT2D eigenvalue weighted by molar-refractivity contribution is -0.121. The van der Waals surface area contributed by atoms with Crippen molar-refractivity contribution in [2.24, 2.45) is 0 Å². The average molecular weight is 247 g/mol. The van der Waals surface area contributed by atoms with Crippen molar-refractivity contribution in [3.63, 3.8) is 0 Å². The largest absolute Gasteiger partial charge is 0.373 e. The molecule has 1 atom stereocenters. The Hall–Kier alpha value is -1.64. The van der Waals surface area contributed by atoms with Crippen molar-refractivity contribution in [1.82, 2.24) is 0 Å². The van der Waals surface area contributed by atoms with Crippen molar-refractivity contribution in [3.05, 3.63) is 70.7 Å². The van der Waals surface area contributed by atoms with Gasteiger partial charge in [0.2, 0.25) is 0 Å². The topological polar surface area (TPSA) is 37.3 Å². The molecule has 2 rings (SSSR count). The first-order valence-corrected chi connectivity index (χ1v) is 5.55. The molecule has 0 fully saturated rings. The van der Waals surface area contributed by atoms with Gasteiger partial charge < -0.3 is 5.11 Å². The summed E-state index contributed by atoms with van der Waals surface area (Å²) in [5.74, 6) is 0. The Morgan fingerprint density at radius 3 is 2.24 bits per heavy atom. The van der Waals surface area contributed by atoms with Gasteiger partial charge in [0.1, 0.15) is 0 Å². The van der Waals surface area contributed by atoms with E-state index >= 15 is 0 Å². The lowest BCUT2D eigenvalue weighted by Gasteiger charge is -2.22. The highest BCUT2D eigenvalue weighted by molar-refractivity contribution is 6.30. The first-order valence-electron chi connectivity index (χ1n) is 5.17. The molecule has 0 aliphatic heterocycles. The van der Waals surface area contributed by atoms with Crippen LogP contribution in [0.15, 0.2) is 54.6 Å². The number of carbonyl (C=O) groups is 1. The van der Waals surface area contributed by atoms with Crippen LogP contribution < -0.4 is 0 Å². The highest BCUT2D eigenvalue weighted by atomic mass is 35.5. The Labute approximate surface area is 104 Å². The molecular formula is C14H11ClO2. The molecule has 0 saturated carbocycles. The maximum atomic E-state index is 11.2. The van der Waals surface area contributed by atoms with Crippen LogP contribution in [0.2, 0.25) is 5.02 Å². The number of aldehydes is 1. The molecule has 0 saturated heterocycles. The lowest BCUT2D eigenvalue weighted by Crippen LogP contribution is -2.28. The minimum atomic E-state index is -1.65. The van der Waals surface area contributed by atoms with Gasteiger partial charge in [0.15, 0.2) is 11.9 Å². The van der Waals surface area contributed by atoms with E-state index in [1.807, 2.05) is 6.07 Å². The minimum Gasteiger partial charge on any atom is -0.373 e. The van der Waals surface area contributed by atoms with Gasteiger partial charge in [0.25, 0.3) is 0 Å². The van der Waals surface area contributed by atoms with Crippen LogP contribution >= 0.6 is 11.6 Å². The van der Waals surface area contributed by atoms with E-state index in [4.69, 9.17) is 11.6 Å². The number of halogens is 1. The predicted molar refractivity (Wildman–Crippen MR) is 67.0 cm³/mol. The van der Waals surface area contributed by atoms with E-state index in [0.717, 1.165) is 0 Å². The summed E-state index contributed by atoms with van der Waals surface area (Å²) in [6.07, 6.45) is 0.522. The summed E-state index contributed by atoms with van der Waals surface area (Å²) in [5, 5.41) is 10.9. The lowest BCUT2D eigenvalue weighted by atomic mass is 9.88. The summed E-state index contributed by atoms with van der Waals surface area (Å²) in [6, 6.07) is 15.4. The van der Waals surface area contributed by atoms with E-state index in [-0.39, 0.29) is 0 Å². The third kappa shape index (κ3) is 2.23. The molecule has 0 aliphatic rings. The molecule has 3 heteroatoms. The molecule has 0 amide bonds. The van der Waals surface area contributed by atoms with Gasteiger partial charge in [0, 0.05) is 5.02 Å². The molecule has 0 aliphatic carbocycles. The molecule has 0 bridgehead atoms. The van der Waals surface area contributed by atoms with Crippen molar-refractivity contribution in [1.29, 1.82) is 0 Å². The highest BCUT2D eigenvalue weighted by Gasteiger charge is 2.30. The van der Waals surface area contributed by atoms with E-state index in [9.17, 15) is 9.90 Å². The smallest absolute Gasteiger partial charge is 0.170 e. The number of aliphatic hydroxyl groups is 1. The fourth-order valence-corrected chi connectivity index (χ4v) is 1.91. The van der Waals surface area contributed by atoms with Crippen molar-refractivity contribution >= 4 is 17.9 Å². The number of hydrogen-bond acceptors (Lipinski definition) is 2. The number of benzene rings is 2. The zero-order chi connectivity index (χ0) is 12.3. The minimum absolute atomic E-state index is 0.464. The Morgan fingerprint density at radius 2 is 1.65 bits per heavy atom. The van der Waals surface area contributed by atoms with Gasteiger partial charge in [-0.2, -0.15) is 0 Å². The van der Waals surface area contributed by atoms with Gasteiger partial charge in [-0.15, -0.1) is 0 Å². The summed E-state index contributed by atoms with van der Waals surface area (Å²) in [4.78, 5) is 11.2. The third-order valence-corrected chi connectivity index (χ3v) is 2.88. The summed E-state index contributed by atoms with van der Waals surface area (Å²) < 4.78 is 0. The summed E-state index contributed by atoms with van der Waals surface area (Å²) >= 11 is 5.87. The first kappa shape index (κ1) is 11.8. The SMILES string of the molecule is O=CC(O)(c1ccccc1)c1cccc(Cl)c1. The van der Waals surface area contributed by atoms with Crippen molar-refractivity contribution < 1.29 is 9.90 Å². The molecule has 0 heterocycles. The van der Waals surface area contributed by atoms with Crippen molar-refractivity contribution in [3.8, 4) is 0 Å². The monoisotopic (exact) mass is 246 g/mol. The molecule has 2 aromatic carbocycles. The van der Waals surface area contributed by atoms with Crippen molar-refractivity contribution in [2.75, 3.05) is 0 Å². The van der Waals surface area contributed by atoms with Crippen LogP contribution in [0.5, 0.6) is 0 Å². The quantitative estimate of drug-likeness (QED) is 0.846. The van der Waals surface area contributed by atoms with Gasteiger partial charge in [-0.05, 0) is 23.3 Å². The van der Waals surface area contributed by atoms with Crippen LogP contribution in [-0.2, 0) is 10.4 Å². The Bertz CT molecular complexity index is 525. The van der Waals surface area contributed by atoms with Gasteiger partial charge in [-0.25, -0.2) is 0 Å². The Morgan fingerprint density at radius 1 is 1.00 bits per heavy atom. The zero-order valence-electron chi connectivity index (χ0n) is 9.01. The standard InChI is InChI=1S/C14H11ClO2/c15-13-8-4-7-12(9-13)14(17,10-16)11-5-2-1-3-6-11/h1-10,17H. The summed E-state index contributed by atoms with van der Waals surface area (Å²) in [7, 11) is 0. The maximum Gasteiger partial charge on any atom is 0.170 e. The molecular weight excluding hydrogens is 236 g/mol. The first-order chi connectivity index (χ1) is 8.16. The second-order valence-electron chi connectivity index (χ2n) is 3.76. The Balaban J connectivity index is 2.56. The normalized spacial score (nSPS) is 14.0. The molecule has 1 N–H and O–H groups in total. The molecule has 0 spiro atoms. The number of carbonyl (C=O) groups excluding carboxylic acids is 1. The molecule has 1 unspecified atom stereocenters. The molecule has 17 heavy (non-hydrogen) atoms. The third-order valence-electron chi connectivity index (χ3n) is 2.65. The molecule has 0 radical (unpaired) electrons. The van der Waals surface area contributed by atoms with E-state index in [0.29, 0.717) is 22.4 Å². The number of rotatable bonds is 3. The highest BCUT2D eigenvalue weighted by Crippen LogP contribution is 2.28. The predicted octanol–water partition coefficient (Wildman–Crippen LogP) is 2.77. The van der Waals surface area contributed by atoms with Gasteiger partial charge in [-0.3, -0.25) is 4.79 Å². The maximum absolute atomic E-state index is 11.2. The van der Waals surface area contributed by atoms with Crippen LogP contribution in [-0.4, -0.2) is 11.4 Å². The Kier molecular flexibility index (Phi) is 3.27. The molecule has 2 nitrogen and oxygen atoms in total. The van der Waals surface area contributed by atoms with E-state index in [2.05, 4.69) is 0 Å². The second kappa shape index (κ2) is 4.70. The average Bonchev–Trinajstić information content (AvgIpc) is 2.39. The van der Waals surface area contributed by atoms with Crippen molar-refractivity contribution in [2.45, 2.75) is 5.60 Å². The van der Waals surface area contributed by atoms with Gasteiger partial charge in [0.05, 0.1) is 0 Å². The van der Waals surface area contributed by atoms with E-state index in [1.165, 1.54) is 0 Å². The second-order valence-corrected chi connectivity index (χ2v) is 4.20. The van der Waals surface area contributed by atoms with Crippen LogP contribution in [0.1, 0.15) is 11.1 Å². The molecule has 0 aromatic heterocycles. The van der Waals surface area contributed by atoms with Crippen LogP contribution in [0.25, 0.3) is 0 Å². The summed E-state index contributed by atoms with van der Waals surface area (Å²) in [5.41, 5.74) is -0.657. The van der Waals surface area contributed by atoms with Crippen LogP contribution in [0.4, 0.5) is 0 Å². The van der Waals surface area contributed by atoms with E-state index in [1.54, 1.807) is 48.5 Å². The zero-order valence-corrected chi connectivity index (χ0v) is 9.76.